The lowest BCUT2D eigenvalue weighted by atomic mass is 10.1. The molecule has 0 aliphatic carbocycles. The van der Waals surface area contributed by atoms with Crippen LogP contribution in [-0.4, -0.2) is 26.0 Å². The summed E-state index contributed by atoms with van der Waals surface area (Å²) in [5.74, 6) is -0.240. The highest BCUT2D eigenvalue weighted by Crippen LogP contribution is 2.27. The van der Waals surface area contributed by atoms with Crippen LogP contribution in [0.25, 0.3) is 0 Å². The molecule has 0 heterocycles. The van der Waals surface area contributed by atoms with Gasteiger partial charge in [0.25, 0.3) is 0 Å². The molecule has 2 aromatic carbocycles. The van der Waals surface area contributed by atoms with Crippen molar-refractivity contribution in [2.24, 2.45) is 0 Å². The minimum atomic E-state index is -0.705. The Morgan fingerprint density at radius 3 is 2.24 bits per heavy atom. The zero-order valence-corrected chi connectivity index (χ0v) is 14.8. The topological polar surface area (TPSA) is 76.7 Å². The summed E-state index contributed by atoms with van der Waals surface area (Å²) in [5, 5.41) is 5.18. The van der Waals surface area contributed by atoms with Crippen molar-refractivity contribution in [2.75, 3.05) is 19.5 Å². The number of carbonyl (C=O) groups is 2. The van der Waals surface area contributed by atoms with Crippen LogP contribution in [0.5, 0.6) is 11.5 Å². The Morgan fingerprint density at radius 2 is 1.60 bits per heavy atom. The van der Waals surface area contributed by atoms with Gasteiger partial charge in [-0.3, -0.25) is 9.59 Å². The van der Waals surface area contributed by atoms with Gasteiger partial charge in [0.15, 0.2) is 11.5 Å². The standard InChI is InChI=1S/C19H22N2O4/c1-12-5-7-15(9-13(12)2)21-19(23)18(22)20-11-14-6-8-16(24-3)17(10-14)25-4/h5-10H,11H2,1-4H3,(H,20,22)(H,21,23). The lowest BCUT2D eigenvalue weighted by molar-refractivity contribution is -0.136. The number of methoxy groups -OCH3 is 2. The number of ether oxygens (including phenoxy) is 2. The van der Waals surface area contributed by atoms with E-state index in [1.807, 2.05) is 26.0 Å². The first kappa shape index (κ1) is 18.3. The van der Waals surface area contributed by atoms with Gasteiger partial charge in [-0.2, -0.15) is 0 Å². The quantitative estimate of drug-likeness (QED) is 0.819. The van der Waals surface area contributed by atoms with Gasteiger partial charge in [-0.25, -0.2) is 0 Å². The van der Waals surface area contributed by atoms with E-state index in [0.717, 1.165) is 16.7 Å². The van der Waals surface area contributed by atoms with Crippen LogP contribution in [0, 0.1) is 13.8 Å². The van der Waals surface area contributed by atoms with Crippen molar-refractivity contribution in [3.8, 4) is 11.5 Å². The third kappa shape index (κ3) is 4.73. The van der Waals surface area contributed by atoms with E-state index in [4.69, 9.17) is 9.47 Å². The van der Waals surface area contributed by atoms with Crippen LogP contribution in [0.15, 0.2) is 36.4 Å². The summed E-state index contributed by atoms with van der Waals surface area (Å²) in [6, 6.07) is 10.8. The van der Waals surface area contributed by atoms with Gasteiger partial charge in [0.2, 0.25) is 0 Å². The number of aryl methyl sites for hydroxylation is 2. The fraction of sp³-hybridized carbons (Fsp3) is 0.263. The Kier molecular flexibility index (Phi) is 6.00. The maximum absolute atomic E-state index is 12.0. The van der Waals surface area contributed by atoms with Gasteiger partial charge in [0.1, 0.15) is 0 Å². The molecule has 2 N–H and O–H groups in total. The van der Waals surface area contributed by atoms with Gasteiger partial charge < -0.3 is 20.1 Å². The lowest BCUT2D eigenvalue weighted by Crippen LogP contribution is -2.35. The predicted octanol–water partition coefficient (Wildman–Crippen LogP) is 2.58. The first-order chi connectivity index (χ1) is 11.9. The van der Waals surface area contributed by atoms with Gasteiger partial charge in [0.05, 0.1) is 14.2 Å². The third-order valence-corrected chi connectivity index (χ3v) is 3.87. The number of hydrogen-bond donors (Lipinski definition) is 2. The van der Waals surface area contributed by atoms with E-state index in [0.29, 0.717) is 17.2 Å². The van der Waals surface area contributed by atoms with Crippen LogP contribution in [0.1, 0.15) is 16.7 Å². The van der Waals surface area contributed by atoms with E-state index in [1.165, 1.54) is 7.11 Å². The fourth-order valence-corrected chi connectivity index (χ4v) is 2.26. The van der Waals surface area contributed by atoms with E-state index < -0.39 is 11.8 Å². The first-order valence-corrected chi connectivity index (χ1v) is 7.82. The second-order valence-electron chi connectivity index (χ2n) is 5.63. The van der Waals surface area contributed by atoms with Crippen LogP contribution < -0.4 is 20.1 Å². The highest BCUT2D eigenvalue weighted by molar-refractivity contribution is 6.39. The summed E-state index contributed by atoms with van der Waals surface area (Å²) in [7, 11) is 3.09. The molecule has 6 nitrogen and oxygen atoms in total. The number of hydrogen-bond acceptors (Lipinski definition) is 4. The van der Waals surface area contributed by atoms with E-state index in [1.54, 1.807) is 31.4 Å². The summed E-state index contributed by atoms with van der Waals surface area (Å²) in [5.41, 5.74) is 3.55. The molecule has 2 amide bonds. The van der Waals surface area contributed by atoms with Gasteiger partial charge in [0, 0.05) is 12.2 Å². The molecule has 2 rings (SSSR count). The molecule has 0 saturated heterocycles. The molecule has 0 aliphatic rings. The number of benzene rings is 2. The van der Waals surface area contributed by atoms with Gasteiger partial charge >= 0.3 is 11.8 Å². The number of rotatable bonds is 5. The molecule has 0 radical (unpaired) electrons. The second kappa shape index (κ2) is 8.19. The Labute approximate surface area is 147 Å². The molecule has 0 atom stereocenters. The van der Waals surface area contributed by atoms with E-state index in [-0.39, 0.29) is 6.54 Å². The maximum atomic E-state index is 12.0. The molecule has 0 fully saturated rings. The SMILES string of the molecule is COc1ccc(CNC(=O)C(=O)Nc2ccc(C)c(C)c2)cc1OC. The summed E-state index contributed by atoms with van der Waals surface area (Å²) >= 11 is 0. The van der Waals surface area contributed by atoms with E-state index in [9.17, 15) is 9.59 Å². The molecule has 0 unspecified atom stereocenters. The van der Waals surface area contributed by atoms with E-state index in [2.05, 4.69) is 10.6 Å². The number of carbonyl (C=O) groups excluding carboxylic acids is 2. The number of amides is 2. The average Bonchev–Trinajstić information content (AvgIpc) is 2.62. The molecule has 6 heteroatoms. The Hall–Kier alpha value is -3.02. The van der Waals surface area contributed by atoms with Crippen molar-refractivity contribution in [3.05, 3.63) is 53.1 Å². The summed E-state index contributed by atoms with van der Waals surface area (Å²) < 4.78 is 10.4. The predicted molar refractivity (Wildman–Crippen MR) is 95.9 cm³/mol. The zero-order chi connectivity index (χ0) is 18.4. The van der Waals surface area contributed by atoms with Crippen LogP contribution in [-0.2, 0) is 16.1 Å². The monoisotopic (exact) mass is 342 g/mol. The molecular weight excluding hydrogens is 320 g/mol. The van der Waals surface area contributed by atoms with Gasteiger partial charge in [-0.15, -0.1) is 0 Å². The highest BCUT2D eigenvalue weighted by atomic mass is 16.5. The molecule has 0 aromatic heterocycles. The summed E-state index contributed by atoms with van der Waals surface area (Å²) in [4.78, 5) is 24.0. The molecule has 0 spiro atoms. The van der Waals surface area contributed by atoms with Crippen molar-refractivity contribution in [1.29, 1.82) is 0 Å². The lowest BCUT2D eigenvalue weighted by Gasteiger charge is -2.11. The molecular formula is C19H22N2O4. The highest BCUT2D eigenvalue weighted by Gasteiger charge is 2.14. The zero-order valence-electron chi connectivity index (χ0n) is 14.8. The van der Waals surface area contributed by atoms with E-state index >= 15 is 0 Å². The normalized spacial score (nSPS) is 10.1. The molecule has 0 aliphatic heterocycles. The van der Waals surface area contributed by atoms with Crippen LogP contribution in [0.2, 0.25) is 0 Å². The van der Waals surface area contributed by atoms with Crippen LogP contribution in [0.4, 0.5) is 5.69 Å². The Bertz CT molecular complexity index is 787. The minimum Gasteiger partial charge on any atom is -0.493 e. The fourth-order valence-electron chi connectivity index (χ4n) is 2.26. The Morgan fingerprint density at radius 1 is 0.880 bits per heavy atom. The maximum Gasteiger partial charge on any atom is 0.313 e. The molecule has 0 bridgehead atoms. The largest absolute Gasteiger partial charge is 0.493 e. The minimum absolute atomic E-state index is 0.208. The van der Waals surface area contributed by atoms with Crippen molar-refractivity contribution >= 4 is 17.5 Å². The van der Waals surface area contributed by atoms with Crippen molar-refractivity contribution in [3.63, 3.8) is 0 Å². The van der Waals surface area contributed by atoms with Gasteiger partial charge in [-0.05, 0) is 54.8 Å². The second-order valence-corrected chi connectivity index (χ2v) is 5.63. The van der Waals surface area contributed by atoms with Crippen molar-refractivity contribution in [1.82, 2.24) is 5.32 Å². The smallest absolute Gasteiger partial charge is 0.313 e. The third-order valence-electron chi connectivity index (χ3n) is 3.87. The molecule has 0 saturated carbocycles. The number of nitrogens with one attached hydrogen (secondary N) is 2. The summed E-state index contributed by atoms with van der Waals surface area (Å²) in [6.07, 6.45) is 0. The van der Waals surface area contributed by atoms with Crippen LogP contribution in [0.3, 0.4) is 0 Å². The van der Waals surface area contributed by atoms with Crippen molar-refractivity contribution < 1.29 is 19.1 Å². The molecule has 2 aromatic rings. The molecule has 132 valence electrons. The first-order valence-electron chi connectivity index (χ1n) is 7.82. The number of anilines is 1. The van der Waals surface area contributed by atoms with Gasteiger partial charge in [-0.1, -0.05) is 12.1 Å². The average molecular weight is 342 g/mol. The Balaban J connectivity index is 1.95. The van der Waals surface area contributed by atoms with Crippen LogP contribution >= 0.6 is 0 Å². The van der Waals surface area contributed by atoms with Crippen molar-refractivity contribution in [2.45, 2.75) is 20.4 Å². The summed E-state index contributed by atoms with van der Waals surface area (Å²) in [6.45, 7) is 4.14. The molecule has 25 heavy (non-hydrogen) atoms.